The highest BCUT2D eigenvalue weighted by Crippen LogP contribution is 2.22. The lowest BCUT2D eigenvalue weighted by atomic mass is 9.99. The van der Waals surface area contributed by atoms with E-state index in [-0.39, 0.29) is 12.5 Å². The van der Waals surface area contributed by atoms with Gasteiger partial charge in [0.2, 0.25) is 0 Å². The number of urea groups is 1. The van der Waals surface area contributed by atoms with Crippen LogP contribution in [0, 0.1) is 0 Å². The fourth-order valence-electron chi connectivity index (χ4n) is 2.05. The molecule has 7 heteroatoms. The van der Waals surface area contributed by atoms with Gasteiger partial charge in [0.1, 0.15) is 5.54 Å². The van der Waals surface area contributed by atoms with E-state index in [4.69, 9.17) is 0 Å². The van der Waals surface area contributed by atoms with Crippen LogP contribution in [0.25, 0.3) is 0 Å². The molecule has 0 bridgehead atoms. The highest BCUT2D eigenvalue weighted by atomic mass is 16.5. The number of methoxy groups -OCH3 is 1. The van der Waals surface area contributed by atoms with E-state index in [1.807, 2.05) is 6.92 Å². The lowest BCUT2D eigenvalue weighted by molar-refractivity contribution is -0.131. The van der Waals surface area contributed by atoms with Crippen LogP contribution in [0.15, 0.2) is 18.3 Å². The summed E-state index contributed by atoms with van der Waals surface area (Å²) in [4.78, 5) is 40.6. The Bertz CT molecular complexity index is 584. The molecule has 0 aromatic carbocycles. The summed E-state index contributed by atoms with van der Waals surface area (Å²) in [6.45, 7) is 3.60. The smallest absolute Gasteiger partial charge is 0.339 e. The van der Waals surface area contributed by atoms with Gasteiger partial charge in [0.05, 0.1) is 24.9 Å². The van der Waals surface area contributed by atoms with E-state index in [0.717, 1.165) is 4.90 Å². The summed E-state index contributed by atoms with van der Waals surface area (Å²) in [5, 5.41) is 2.67. The molecule has 7 nitrogen and oxygen atoms in total. The van der Waals surface area contributed by atoms with Crippen molar-refractivity contribution < 1.29 is 19.1 Å². The molecule has 21 heavy (non-hydrogen) atoms. The zero-order valence-corrected chi connectivity index (χ0v) is 12.2. The lowest BCUT2D eigenvalue weighted by Gasteiger charge is -2.19. The number of carbonyl (C=O) groups is 3. The average molecular weight is 291 g/mol. The maximum atomic E-state index is 12.2. The zero-order chi connectivity index (χ0) is 15.6. The predicted octanol–water partition coefficient (Wildman–Crippen LogP) is 1.09. The lowest BCUT2D eigenvalue weighted by Crippen LogP contribution is -2.43. The number of amides is 3. The molecule has 2 heterocycles. The fourth-order valence-corrected chi connectivity index (χ4v) is 2.05. The van der Waals surface area contributed by atoms with Crippen LogP contribution in [0.1, 0.15) is 36.3 Å². The predicted molar refractivity (Wildman–Crippen MR) is 73.4 cm³/mol. The molecule has 1 aliphatic heterocycles. The molecule has 0 aliphatic carbocycles. The van der Waals surface area contributed by atoms with Gasteiger partial charge in [-0.2, -0.15) is 0 Å². The van der Waals surface area contributed by atoms with Crippen molar-refractivity contribution in [3.05, 3.63) is 29.6 Å². The van der Waals surface area contributed by atoms with Crippen molar-refractivity contribution in [1.82, 2.24) is 15.2 Å². The average Bonchev–Trinajstić information content (AvgIpc) is 2.71. The molecule has 1 unspecified atom stereocenters. The van der Waals surface area contributed by atoms with E-state index < -0.39 is 17.5 Å². The molecule has 112 valence electrons. The quantitative estimate of drug-likeness (QED) is 0.662. The third kappa shape index (κ3) is 2.72. The fraction of sp³-hybridized carbons (Fsp3) is 0.429. The SMILES string of the molecule is CCC1(C)NC(=O)N(Cc2ccc(C(=O)OC)cn2)C1=O. The second-order valence-electron chi connectivity index (χ2n) is 5.04. The van der Waals surface area contributed by atoms with Crippen LogP contribution in [0.5, 0.6) is 0 Å². The molecule has 1 atom stereocenters. The highest BCUT2D eigenvalue weighted by molar-refractivity contribution is 6.06. The number of aromatic nitrogens is 1. The minimum Gasteiger partial charge on any atom is -0.465 e. The van der Waals surface area contributed by atoms with Gasteiger partial charge in [0.25, 0.3) is 5.91 Å². The summed E-state index contributed by atoms with van der Waals surface area (Å²) in [6, 6.07) is 2.71. The Labute approximate surface area is 122 Å². The molecule has 2 rings (SSSR count). The van der Waals surface area contributed by atoms with E-state index in [9.17, 15) is 14.4 Å². The maximum absolute atomic E-state index is 12.2. The van der Waals surface area contributed by atoms with E-state index >= 15 is 0 Å². The number of esters is 1. The second-order valence-corrected chi connectivity index (χ2v) is 5.04. The number of imide groups is 1. The Balaban J connectivity index is 2.13. The van der Waals surface area contributed by atoms with Gasteiger partial charge in [0, 0.05) is 6.20 Å². The Kier molecular flexibility index (Phi) is 3.93. The van der Waals surface area contributed by atoms with Crippen molar-refractivity contribution in [2.24, 2.45) is 0 Å². The number of carbonyl (C=O) groups excluding carboxylic acids is 3. The number of ether oxygens (including phenoxy) is 1. The van der Waals surface area contributed by atoms with Crippen molar-refractivity contribution in [3.8, 4) is 0 Å². The summed E-state index contributed by atoms with van der Waals surface area (Å²) in [6.07, 6.45) is 1.88. The van der Waals surface area contributed by atoms with Crippen LogP contribution < -0.4 is 5.32 Å². The molecule has 1 aromatic rings. The van der Waals surface area contributed by atoms with Gasteiger partial charge in [-0.25, -0.2) is 9.59 Å². The zero-order valence-electron chi connectivity index (χ0n) is 12.2. The standard InChI is InChI=1S/C14H17N3O4/c1-4-14(2)12(19)17(13(20)16-14)8-10-6-5-9(7-15-10)11(18)21-3/h5-7H,4,8H2,1-3H3,(H,16,20). The van der Waals surface area contributed by atoms with Crippen LogP contribution in [-0.4, -0.2) is 40.4 Å². The first-order valence-electron chi connectivity index (χ1n) is 6.58. The Morgan fingerprint density at radius 2 is 2.14 bits per heavy atom. The van der Waals surface area contributed by atoms with Gasteiger partial charge in [-0.05, 0) is 25.5 Å². The van der Waals surface area contributed by atoms with Gasteiger partial charge in [-0.3, -0.25) is 14.7 Å². The number of pyridine rings is 1. The Morgan fingerprint density at radius 1 is 1.43 bits per heavy atom. The van der Waals surface area contributed by atoms with E-state index in [1.165, 1.54) is 13.3 Å². The third-order valence-electron chi connectivity index (χ3n) is 3.62. The monoisotopic (exact) mass is 291 g/mol. The molecule has 1 saturated heterocycles. The molecule has 1 N–H and O–H groups in total. The highest BCUT2D eigenvalue weighted by Gasteiger charge is 2.46. The first-order valence-corrected chi connectivity index (χ1v) is 6.58. The van der Waals surface area contributed by atoms with Crippen molar-refractivity contribution >= 4 is 17.9 Å². The minimum atomic E-state index is -0.858. The van der Waals surface area contributed by atoms with Crippen molar-refractivity contribution in [2.75, 3.05) is 7.11 Å². The topological polar surface area (TPSA) is 88.6 Å². The second kappa shape index (κ2) is 5.51. The molecule has 1 aliphatic rings. The summed E-state index contributed by atoms with van der Waals surface area (Å²) in [5.41, 5.74) is -0.0217. The summed E-state index contributed by atoms with van der Waals surface area (Å²) >= 11 is 0. The summed E-state index contributed by atoms with van der Waals surface area (Å²) in [5.74, 6) is -0.753. The first kappa shape index (κ1) is 15.0. The number of rotatable bonds is 4. The van der Waals surface area contributed by atoms with E-state index in [1.54, 1.807) is 19.1 Å². The number of hydrogen-bond acceptors (Lipinski definition) is 5. The third-order valence-corrected chi connectivity index (χ3v) is 3.62. The minimum absolute atomic E-state index is 0.0711. The summed E-state index contributed by atoms with van der Waals surface area (Å²) in [7, 11) is 1.29. The first-order chi connectivity index (χ1) is 9.91. The van der Waals surface area contributed by atoms with Gasteiger partial charge >= 0.3 is 12.0 Å². The molecule has 0 radical (unpaired) electrons. The van der Waals surface area contributed by atoms with Gasteiger partial charge in [-0.1, -0.05) is 6.92 Å². The van der Waals surface area contributed by atoms with Crippen molar-refractivity contribution in [2.45, 2.75) is 32.4 Å². The van der Waals surface area contributed by atoms with Gasteiger partial charge in [-0.15, -0.1) is 0 Å². The molecular formula is C14H17N3O4. The summed E-state index contributed by atoms with van der Waals surface area (Å²) < 4.78 is 4.58. The molecule has 0 spiro atoms. The molecule has 0 saturated carbocycles. The van der Waals surface area contributed by atoms with Crippen molar-refractivity contribution in [3.63, 3.8) is 0 Å². The van der Waals surface area contributed by atoms with Crippen LogP contribution in [0.4, 0.5) is 4.79 Å². The number of hydrogen-bond donors (Lipinski definition) is 1. The van der Waals surface area contributed by atoms with Crippen molar-refractivity contribution in [1.29, 1.82) is 0 Å². The van der Waals surface area contributed by atoms with Crippen LogP contribution in [0.2, 0.25) is 0 Å². The maximum Gasteiger partial charge on any atom is 0.339 e. The molecule has 3 amide bonds. The van der Waals surface area contributed by atoms with Gasteiger partial charge in [0.15, 0.2) is 0 Å². The Morgan fingerprint density at radius 3 is 2.62 bits per heavy atom. The van der Waals surface area contributed by atoms with E-state index in [2.05, 4.69) is 15.0 Å². The normalized spacial score (nSPS) is 21.4. The van der Waals surface area contributed by atoms with Crippen LogP contribution in [0.3, 0.4) is 0 Å². The van der Waals surface area contributed by atoms with Gasteiger partial charge < -0.3 is 10.1 Å². The largest absolute Gasteiger partial charge is 0.465 e. The Hall–Kier alpha value is -2.44. The number of nitrogens with zero attached hydrogens (tertiary/aromatic N) is 2. The van der Waals surface area contributed by atoms with Crippen LogP contribution >= 0.6 is 0 Å². The van der Waals surface area contributed by atoms with E-state index in [0.29, 0.717) is 17.7 Å². The molecular weight excluding hydrogens is 274 g/mol. The molecule has 1 aromatic heterocycles. The molecule has 1 fully saturated rings. The van der Waals surface area contributed by atoms with Crippen LogP contribution in [-0.2, 0) is 16.1 Å². The number of nitrogens with one attached hydrogen (secondary N) is 1.